The number of aromatic nitrogens is 4. The van der Waals surface area contributed by atoms with Gasteiger partial charge in [-0.05, 0) is 11.6 Å². The lowest BCUT2D eigenvalue weighted by atomic mass is 10.1. The van der Waals surface area contributed by atoms with Gasteiger partial charge in [0.2, 0.25) is 5.43 Å². The summed E-state index contributed by atoms with van der Waals surface area (Å²) in [6.07, 6.45) is 5.54. The van der Waals surface area contributed by atoms with Crippen LogP contribution in [0.3, 0.4) is 0 Å². The maximum atomic E-state index is 12.2. The number of anilines is 1. The van der Waals surface area contributed by atoms with Gasteiger partial charge in [-0.1, -0.05) is 6.07 Å². The molecule has 0 aliphatic carbocycles. The van der Waals surface area contributed by atoms with Crippen molar-refractivity contribution in [2.45, 2.75) is 6.42 Å². The van der Waals surface area contributed by atoms with Crippen LogP contribution in [-0.2, 0) is 13.5 Å². The van der Waals surface area contributed by atoms with Crippen LogP contribution in [0.2, 0.25) is 0 Å². The number of aryl methyl sites for hydroxylation is 1. The molecular formula is C17H17N6O2+. The minimum atomic E-state index is -0.115. The second-order valence-corrected chi connectivity index (χ2v) is 6.08. The van der Waals surface area contributed by atoms with Crippen molar-refractivity contribution in [3.63, 3.8) is 0 Å². The van der Waals surface area contributed by atoms with E-state index in [1.807, 2.05) is 31.4 Å². The average molecular weight is 337 g/mol. The molecule has 1 atom stereocenters. The Morgan fingerprint density at radius 1 is 1.24 bits per heavy atom. The number of fused-ring (bicyclic) bond motifs is 1. The number of hydrogen-bond donors (Lipinski definition) is 2. The van der Waals surface area contributed by atoms with E-state index in [0.29, 0.717) is 17.0 Å². The first-order chi connectivity index (χ1) is 12.0. The van der Waals surface area contributed by atoms with Gasteiger partial charge in [0.25, 0.3) is 0 Å². The summed E-state index contributed by atoms with van der Waals surface area (Å²) in [5.41, 5.74) is 3.74. The largest absolute Gasteiger partial charge is 0.424 e. The van der Waals surface area contributed by atoms with Gasteiger partial charge in [-0.15, -0.1) is 0 Å². The number of carbonyl (C=O) groups excluding carboxylic acids is 1. The lowest BCUT2D eigenvalue weighted by Crippen LogP contribution is -3.05. The van der Waals surface area contributed by atoms with Gasteiger partial charge >= 0.3 is 6.03 Å². The SMILES string of the molecule is Cn1cc(-n2ccc(=O)c(Cc3ccc4c(c3)[NH+](C)C(=O)N4)n2)cn1. The van der Waals surface area contributed by atoms with Gasteiger partial charge < -0.3 is 0 Å². The molecule has 3 heterocycles. The zero-order valence-electron chi connectivity index (χ0n) is 13.9. The maximum Gasteiger partial charge on any atom is 0.424 e. The molecule has 4 rings (SSSR count). The summed E-state index contributed by atoms with van der Waals surface area (Å²) in [4.78, 5) is 24.6. The van der Waals surface area contributed by atoms with Crippen LogP contribution in [0.4, 0.5) is 16.2 Å². The van der Waals surface area contributed by atoms with Gasteiger partial charge in [-0.2, -0.15) is 10.2 Å². The molecule has 8 heteroatoms. The molecule has 1 aliphatic rings. The second-order valence-electron chi connectivity index (χ2n) is 6.08. The average Bonchev–Trinajstić information content (AvgIpc) is 3.14. The molecule has 1 aliphatic heterocycles. The van der Waals surface area contributed by atoms with Gasteiger partial charge in [0, 0.05) is 31.8 Å². The number of quaternary nitrogens is 1. The second kappa shape index (κ2) is 5.67. The van der Waals surface area contributed by atoms with Gasteiger partial charge in [-0.3, -0.25) is 14.8 Å². The first-order valence-corrected chi connectivity index (χ1v) is 7.87. The number of benzene rings is 1. The molecule has 0 radical (unpaired) electrons. The fraction of sp³-hybridized carbons (Fsp3) is 0.176. The smallest absolute Gasteiger partial charge is 0.288 e. The van der Waals surface area contributed by atoms with E-state index in [9.17, 15) is 9.59 Å². The zero-order chi connectivity index (χ0) is 17.6. The number of urea groups is 1. The van der Waals surface area contributed by atoms with Gasteiger partial charge in [0.05, 0.1) is 19.4 Å². The van der Waals surface area contributed by atoms with E-state index < -0.39 is 0 Å². The van der Waals surface area contributed by atoms with Crippen LogP contribution in [0, 0.1) is 0 Å². The number of hydrogen-bond acceptors (Lipinski definition) is 4. The van der Waals surface area contributed by atoms with Gasteiger partial charge in [0.1, 0.15) is 17.1 Å². The van der Waals surface area contributed by atoms with Crippen LogP contribution >= 0.6 is 0 Å². The van der Waals surface area contributed by atoms with Crippen molar-refractivity contribution in [2.75, 3.05) is 12.4 Å². The van der Waals surface area contributed by atoms with E-state index in [1.54, 1.807) is 28.8 Å². The van der Waals surface area contributed by atoms with Crippen LogP contribution in [0.25, 0.3) is 5.69 Å². The third-order valence-electron chi connectivity index (χ3n) is 4.28. The molecule has 1 aromatic carbocycles. The van der Waals surface area contributed by atoms with Crippen molar-refractivity contribution in [2.24, 2.45) is 7.05 Å². The summed E-state index contributed by atoms with van der Waals surface area (Å²) >= 11 is 0. The third-order valence-corrected chi connectivity index (χ3v) is 4.28. The Morgan fingerprint density at radius 3 is 2.84 bits per heavy atom. The zero-order valence-corrected chi connectivity index (χ0v) is 13.9. The molecule has 0 bridgehead atoms. The maximum absolute atomic E-state index is 12.2. The Morgan fingerprint density at radius 2 is 2.08 bits per heavy atom. The Labute approximate surface area is 143 Å². The Bertz CT molecular complexity index is 1040. The Hall–Kier alpha value is -3.26. The van der Waals surface area contributed by atoms with Crippen LogP contribution in [0.5, 0.6) is 0 Å². The third kappa shape index (κ3) is 2.72. The van der Waals surface area contributed by atoms with Crippen LogP contribution < -0.4 is 15.6 Å². The molecule has 2 aromatic heterocycles. The summed E-state index contributed by atoms with van der Waals surface area (Å²) in [5.74, 6) is 0. The Balaban J connectivity index is 1.67. The molecule has 0 spiro atoms. The highest BCUT2D eigenvalue weighted by Gasteiger charge is 2.29. The van der Waals surface area contributed by atoms with Crippen LogP contribution in [0.15, 0.2) is 47.7 Å². The fourth-order valence-corrected chi connectivity index (χ4v) is 2.89. The predicted molar refractivity (Wildman–Crippen MR) is 91.4 cm³/mol. The predicted octanol–water partition coefficient (Wildman–Crippen LogP) is 0.248. The number of amides is 2. The first-order valence-electron chi connectivity index (χ1n) is 7.87. The molecule has 2 N–H and O–H groups in total. The van der Waals surface area contributed by atoms with Crippen molar-refractivity contribution >= 4 is 17.4 Å². The van der Waals surface area contributed by atoms with Crippen molar-refractivity contribution in [1.82, 2.24) is 19.6 Å². The van der Waals surface area contributed by atoms with E-state index in [-0.39, 0.29) is 11.5 Å². The molecule has 3 aromatic rings. The monoisotopic (exact) mass is 337 g/mol. The topological polar surface area (TPSA) is 86.2 Å². The summed E-state index contributed by atoms with van der Waals surface area (Å²) in [7, 11) is 3.62. The van der Waals surface area contributed by atoms with Gasteiger partial charge in [-0.25, -0.2) is 14.4 Å². The van der Waals surface area contributed by atoms with Crippen molar-refractivity contribution in [1.29, 1.82) is 0 Å². The van der Waals surface area contributed by atoms with Crippen LogP contribution in [-0.4, -0.2) is 32.6 Å². The number of rotatable bonds is 3. The standard InChI is InChI=1S/C17H16N6O2/c1-21-10-12(9-18-21)23-6-5-16(24)14(20-23)7-11-3-4-13-15(8-11)22(2)17(25)19-13/h3-6,8-10H,7H2,1-2H3,(H,19,25)/p+1. The molecule has 25 heavy (non-hydrogen) atoms. The minimum Gasteiger partial charge on any atom is -0.288 e. The van der Waals surface area contributed by atoms with Crippen molar-refractivity contribution in [3.05, 3.63) is 64.3 Å². The summed E-state index contributed by atoms with van der Waals surface area (Å²) in [6.45, 7) is 0. The molecule has 0 saturated carbocycles. The summed E-state index contributed by atoms with van der Waals surface area (Å²) in [6, 6.07) is 7.13. The molecule has 8 nitrogen and oxygen atoms in total. The normalized spacial score (nSPS) is 15.9. The molecular weight excluding hydrogens is 320 g/mol. The first kappa shape index (κ1) is 15.3. The lowest BCUT2D eigenvalue weighted by Gasteiger charge is -2.07. The minimum absolute atomic E-state index is 0.0797. The van der Waals surface area contributed by atoms with Crippen molar-refractivity contribution < 1.29 is 9.69 Å². The molecule has 2 amide bonds. The van der Waals surface area contributed by atoms with E-state index in [1.165, 1.54) is 6.07 Å². The van der Waals surface area contributed by atoms with E-state index in [0.717, 1.165) is 22.6 Å². The van der Waals surface area contributed by atoms with Gasteiger partial charge in [0.15, 0.2) is 5.69 Å². The lowest BCUT2D eigenvalue weighted by molar-refractivity contribution is -0.709. The van der Waals surface area contributed by atoms with E-state index in [4.69, 9.17) is 0 Å². The highest BCUT2D eigenvalue weighted by Crippen LogP contribution is 2.23. The van der Waals surface area contributed by atoms with E-state index in [2.05, 4.69) is 15.5 Å². The summed E-state index contributed by atoms with van der Waals surface area (Å²) < 4.78 is 3.32. The number of nitrogens with zero attached hydrogens (tertiary/aromatic N) is 4. The molecule has 1 unspecified atom stereocenters. The molecule has 0 saturated heterocycles. The highest BCUT2D eigenvalue weighted by molar-refractivity contribution is 5.93. The summed E-state index contributed by atoms with van der Waals surface area (Å²) in [5, 5.41) is 11.4. The Kier molecular flexibility index (Phi) is 3.47. The highest BCUT2D eigenvalue weighted by atomic mass is 16.2. The molecule has 126 valence electrons. The molecule has 0 fully saturated rings. The fourth-order valence-electron chi connectivity index (χ4n) is 2.89. The van der Waals surface area contributed by atoms with E-state index >= 15 is 0 Å². The number of nitrogens with one attached hydrogen (secondary N) is 2. The van der Waals surface area contributed by atoms with Crippen LogP contribution in [0.1, 0.15) is 11.3 Å². The quantitative estimate of drug-likeness (QED) is 0.717. The number of carbonyl (C=O) groups is 1. The van der Waals surface area contributed by atoms with Crippen molar-refractivity contribution in [3.8, 4) is 5.69 Å².